The largest absolute Gasteiger partial charge is 0.452 e. The van der Waals surface area contributed by atoms with Crippen molar-refractivity contribution in [1.29, 1.82) is 0 Å². The van der Waals surface area contributed by atoms with Gasteiger partial charge in [0.1, 0.15) is 5.75 Å². The van der Waals surface area contributed by atoms with E-state index >= 15 is 0 Å². The molecule has 12 heteroatoms. The minimum atomic E-state index is -3.58. The summed E-state index contributed by atoms with van der Waals surface area (Å²) >= 11 is 11.7. The molecule has 156 valence electrons. The second-order valence-electron chi connectivity index (χ2n) is 5.56. The molecule has 0 saturated carbocycles. The van der Waals surface area contributed by atoms with Crippen LogP contribution in [0.25, 0.3) is 0 Å². The lowest BCUT2D eigenvalue weighted by molar-refractivity contribution is -0.119. The Balaban J connectivity index is 2.01. The van der Waals surface area contributed by atoms with Gasteiger partial charge in [-0.15, -0.1) is 0 Å². The summed E-state index contributed by atoms with van der Waals surface area (Å²) in [6, 6.07) is 7.05. The number of alkyl halides is 2. The van der Waals surface area contributed by atoms with Crippen molar-refractivity contribution in [2.45, 2.75) is 11.5 Å². The fourth-order valence-electron chi connectivity index (χ4n) is 2.07. The molecule has 2 aromatic carbocycles. The van der Waals surface area contributed by atoms with E-state index in [0.29, 0.717) is 0 Å². The summed E-state index contributed by atoms with van der Waals surface area (Å²) in [5, 5.41) is 2.13. The van der Waals surface area contributed by atoms with Crippen molar-refractivity contribution < 1.29 is 36.3 Å². The number of amides is 1. The molecule has 0 unspecified atom stereocenters. The zero-order chi connectivity index (χ0) is 21.8. The fourth-order valence-corrected chi connectivity index (χ4v) is 3.13. The molecule has 1 N–H and O–H groups in total. The lowest BCUT2D eigenvalue weighted by Gasteiger charge is -2.10. The van der Waals surface area contributed by atoms with E-state index in [4.69, 9.17) is 27.9 Å². The summed E-state index contributed by atoms with van der Waals surface area (Å²) in [6.07, 6.45) is 0.960. The van der Waals surface area contributed by atoms with Crippen molar-refractivity contribution in [3.05, 3.63) is 52.0 Å². The van der Waals surface area contributed by atoms with Crippen molar-refractivity contribution in [3.63, 3.8) is 0 Å². The average molecular weight is 468 g/mol. The van der Waals surface area contributed by atoms with E-state index in [2.05, 4.69) is 10.1 Å². The van der Waals surface area contributed by atoms with Crippen LogP contribution in [0.4, 0.5) is 14.5 Å². The molecule has 0 heterocycles. The molecule has 0 fully saturated rings. The van der Waals surface area contributed by atoms with Gasteiger partial charge in [0.2, 0.25) is 0 Å². The van der Waals surface area contributed by atoms with Gasteiger partial charge in [-0.25, -0.2) is 13.2 Å². The van der Waals surface area contributed by atoms with Crippen molar-refractivity contribution >= 4 is 50.6 Å². The Hall–Kier alpha value is -2.43. The first-order valence-electron chi connectivity index (χ1n) is 7.68. The molecular formula is C17H13Cl2F2NO6S. The third-order valence-corrected chi connectivity index (χ3v) is 5.09. The van der Waals surface area contributed by atoms with E-state index in [1.54, 1.807) is 0 Å². The number of hydrogen-bond donors (Lipinski definition) is 1. The number of sulfone groups is 1. The van der Waals surface area contributed by atoms with Gasteiger partial charge in [-0.05, 0) is 36.4 Å². The predicted octanol–water partition coefficient (Wildman–Crippen LogP) is 3.79. The first-order chi connectivity index (χ1) is 13.5. The molecule has 0 aliphatic heterocycles. The quantitative estimate of drug-likeness (QED) is 0.621. The Kier molecular flexibility index (Phi) is 7.39. The summed E-state index contributed by atoms with van der Waals surface area (Å²) in [5.41, 5.74) is -0.0753. The van der Waals surface area contributed by atoms with Crippen LogP contribution in [0.15, 0.2) is 41.3 Å². The number of ether oxygens (including phenoxy) is 2. The third kappa shape index (κ3) is 6.55. The fraction of sp³-hybridized carbons (Fsp3) is 0.176. The highest BCUT2D eigenvalue weighted by atomic mass is 35.5. The number of carbonyl (C=O) groups is 2. The second-order valence-corrected chi connectivity index (χ2v) is 8.39. The molecule has 1 amide bonds. The number of esters is 1. The van der Waals surface area contributed by atoms with Gasteiger partial charge in [0.25, 0.3) is 5.91 Å². The topological polar surface area (TPSA) is 98.8 Å². The minimum absolute atomic E-state index is 0.0517. The summed E-state index contributed by atoms with van der Waals surface area (Å²) in [5.74, 6) is -2.03. The number of nitrogens with one attached hydrogen (secondary N) is 1. The molecule has 0 radical (unpaired) electrons. The Bertz CT molecular complexity index is 1050. The van der Waals surface area contributed by atoms with E-state index in [0.717, 1.165) is 18.4 Å². The Morgan fingerprint density at radius 1 is 1.10 bits per heavy atom. The minimum Gasteiger partial charge on any atom is -0.452 e. The van der Waals surface area contributed by atoms with E-state index in [1.807, 2.05) is 0 Å². The molecular weight excluding hydrogens is 455 g/mol. The number of rotatable bonds is 7. The second kappa shape index (κ2) is 9.38. The Labute approximate surface area is 174 Å². The van der Waals surface area contributed by atoms with Crippen molar-refractivity contribution in [2.75, 3.05) is 18.2 Å². The first-order valence-corrected chi connectivity index (χ1v) is 10.3. The Morgan fingerprint density at radius 2 is 1.79 bits per heavy atom. The summed E-state index contributed by atoms with van der Waals surface area (Å²) in [4.78, 5) is 23.9. The zero-order valence-electron chi connectivity index (χ0n) is 14.6. The maximum atomic E-state index is 12.2. The van der Waals surface area contributed by atoms with Gasteiger partial charge in [0.15, 0.2) is 16.4 Å². The highest BCUT2D eigenvalue weighted by Crippen LogP contribution is 2.29. The maximum Gasteiger partial charge on any atom is 0.387 e. The van der Waals surface area contributed by atoms with E-state index in [-0.39, 0.29) is 31.9 Å². The third-order valence-electron chi connectivity index (χ3n) is 3.35. The first kappa shape index (κ1) is 22.9. The van der Waals surface area contributed by atoms with E-state index in [9.17, 15) is 26.8 Å². The summed E-state index contributed by atoms with van der Waals surface area (Å²) in [6.45, 7) is -3.77. The van der Waals surface area contributed by atoms with Crippen LogP contribution in [0, 0.1) is 0 Å². The van der Waals surface area contributed by atoms with E-state index < -0.39 is 34.9 Å². The van der Waals surface area contributed by atoms with Gasteiger partial charge < -0.3 is 14.8 Å². The van der Waals surface area contributed by atoms with Gasteiger partial charge in [0.05, 0.1) is 20.5 Å². The van der Waals surface area contributed by atoms with Gasteiger partial charge in [-0.3, -0.25) is 4.79 Å². The number of carbonyl (C=O) groups excluding carboxylic acids is 2. The van der Waals surface area contributed by atoms with Crippen LogP contribution in [-0.4, -0.2) is 39.8 Å². The van der Waals surface area contributed by atoms with Crippen LogP contribution in [0.5, 0.6) is 5.75 Å². The predicted molar refractivity (Wildman–Crippen MR) is 102 cm³/mol. The normalized spacial score (nSPS) is 11.2. The summed E-state index contributed by atoms with van der Waals surface area (Å²) in [7, 11) is -3.58. The van der Waals surface area contributed by atoms with Crippen molar-refractivity contribution in [1.82, 2.24) is 0 Å². The Morgan fingerprint density at radius 3 is 2.38 bits per heavy atom. The number of benzene rings is 2. The number of halogens is 4. The highest BCUT2D eigenvalue weighted by molar-refractivity contribution is 7.90. The summed E-state index contributed by atoms with van der Waals surface area (Å²) < 4.78 is 56.6. The zero-order valence-corrected chi connectivity index (χ0v) is 16.9. The lowest BCUT2D eigenvalue weighted by atomic mass is 10.2. The number of anilines is 1. The van der Waals surface area contributed by atoms with Crippen LogP contribution in [-0.2, 0) is 19.4 Å². The highest BCUT2D eigenvalue weighted by Gasteiger charge is 2.18. The molecule has 0 atom stereocenters. The van der Waals surface area contributed by atoms with Crippen LogP contribution in [0.3, 0.4) is 0 Å². The smallest absolute Gasteiger partial charge is 0.387 e. The molecule has 7 nitrogen and oxygen atoms in total. The van der Waals surface area contributed by atoms with Crippen LogP contribution >= 0.6 is 23.2 Å². The molecule has 0 aromatic heterocycles. The average Bonchev–Trinajstić information content (AvgIpc) is 2.61. The van der Waals surface area contributed by atoms with E-state index in [1.165, 1.54) is 24.3 Å². The maximum absolute atomic E-state index is 12.2. The molecule has 0 spiro atoms. The monoisotopic (exact) mass is 467 g/mol. The van der Waals surface area contributed by atoms with Crippen LogP contribution < -0.4 is 10.1 Å². The molecule has 0 bridgehead atoms. The van der Waals surface area contributed by atoms with Gasteiger partial charge in [-0.1, -0.05) is 23.2 Å². The SMILES string of the molecule is CS(=O)(=O)c1ccc(Cl)c(C(=O)OCC(=O)Nc2ccc(OC(F)F)c(Cl)c2)c1. The van der Waals surface area contributed by atoms with Gasteiger partial charge in [0, 0.05) is 11.9 Å². The van der Waals surface area contributed by atoms with Crippen LogP contribution in [0.1, 0.15) is 10.4 Å². The standard InChI is InChI=1S/C17H13Cl2F2NO6S/c1-29(25,26)10-3-4-12(18)11(7-10)16(24)27-8-15(23)22-9-2-5-14(13(19)6-9)28-17(20)21/h2-7,17H,8H2,1H3,(H,22,23). The number of hydrogen-bond acceptors (Lipinski definition) is 6. The molecule has 2 rings (SSSR count). The van der Waals surface area contributed by atoms with Gasteiger partial charge in [-0.2, -0.15) is 8.78 Å². The molecule has 29 heavy (non-hydrogen) atoms. The van der Waals surface area contributed by atoms with Crippen molar-refractivity contribution in [3.8, 4) is 5.75 Å². The lowest BCUT2D eigenvalue weighted by Crippen LogP contribution is -2.21. The molecule has 2 aromatic rings. The molecule has 0 aliphatic carbocycles. The molecule has 0 aliphatic rings. The molecule has 0 saturated heterocycles. The van der Waals surface area contributed by atoms with Crippen molar-refractivity contribution in [2.24, 2.45) is 0 Å². The van der Waals surface area contributed by atoms with Gasteiger partial charge >= 0.3 is 12.6 Å². The van der Waals surface area contributed by atoms with Crippen LogP contribution in [0.2, 0.25) is 10.0 Å².